The number of aromatic nitrogens is 1. The van der Waals surface area contributed by atoms with Crippen molar-refractivity contribution >= 4 is 29.7 Å². The molecule has 0 spiro atoms. The van der Waals surface area contributed by atoms with Gasteiger partial charge >= 0.3 is 0 Å². The highest BCUT2D eigenvalue weighted by Gasteiger charge is 2.24. The van der Waals surface area contributed by atoms with E-state index in [0.717, 1.165) is 28.5 Å². The molecule has 136 valence electrons. The van der Waals surface area contributed by atoms with E-state index in [4.69, 9.17) is 0 Å². The lowest BCUT2D eigenvalue weighted by atomic mass is 9.94. The van der Waals surface area contributed by atoms with Gasteiger partial charge in [-0.1, -0.05) is 45.0 Å². The van der Waals surface area contributed by atoms with Crippen LogP contribution in [0.15, 0.2) is 24.3 Å². The van der Waals surface area contributed by atoms with E-state index in [1.807, 2.05) is 6.92 Å². The van der Waals surface area contributed by atoms with Gasteiger partial charge in [-0.15, -0.1) is 23.7 Å². The molecular formula is C19H26ClN3OS. The fourth-order valence-electron chi connectivity index (χ4n) is 2.98. The van der Waals surface area contributed by atoms with Gasteiger partial charge in [0.25, 0.3) is 5.91 Å². The van der Waals surface area contributed by atoms with Gasteiger partial charge in [-0.25, -0.2) is 4.98 Å². The molecule has 4 nitrogen and oxygen atoms in total. The molecule has 1 aliphatic heterocycles. The Hall–Kier alpha value is -1.43. The van der Waals surface area contributed by atoms with Crippen molar-refractivity contribution < 1.29 is 4.79 Å². The van der Waals surface area contributed by atoms with Crippen molar-refractivity contribution in [3.05, 3.63) is 51.0 Å². The molecule has 0 bridgehead atoms. The molecule has 0 aliphatic carbocycles. The van der Waals surface area contributed by atoms with Crippen LogP contribution in [0.4, 0.5) is 0 Å². The topological polar surface area (TPSA) is 54.0 Å². The molecule has 2 aromatic rings. The molecule has 1 aromatic carbocycles. The molecule has 1 aliphatic rings. The number of fused-ring (bicyclic) bond motifs is 1. The van der Waals surface area contributed by atoms with Gasteiger partial charge in [-0.05, 0) is 31.0 Å². The number of aryl methyl sites for hydroxylation is 1. The molecule has 2 N–H and O–H groups in total. The summed E-state index contributed by atoms with van der Waals surface area (Å²) in [5.74, 6) is -0.0228. The molecular weight excluding hydrogens is 354 g/mol. The fourth-order valence-corrected chi connectivity index (χ4v) is 4.02. The Labute approximate surface area is 159 Å². The average Bonchev–Trinajstić information content (AvgIpc) is 2.95. The van der Waals surface area contributed by atoms with E-state index in [9.17, 15) is 4.79 Å². The predicted molar refractivity (Wildman–Crippen MR) is 106 cm³/mol. The summed E-state index contributed by atoms with van der Waals surface area (Å²) in [5.41, 5.74) is 3.46. The fraction of sp³-hybridized carbons (Fsp3) is 0.474. The number of amides is 1. The zero-order valence-electron chi connectivity index (χ0n) is 15.2. The number of carbonyl (C=O) groups is 1. The number of rotatable bonds is 3. The highest BCUT2D eigenvalue weighted by Crippen LogP contribution is 2.29. The molecule has 3 rings (SSSR count). The second-order valence-corrected chi connectivity index (χ2v) is 8.35. The molecule has 1 atom stereocenters. The lowest BCUT2D eigenvalue weighted by Crippen LogP contribution is -2.38. The number of carbonyl (C=O) groups excluding carboxylic acids is 1. The first-order valence-corrected chi connectivity index (χ1v) is 9.25. The maximum Gasteiger partial charge on any atom is 0.263 e. The van der Waals surface area contributed by atoms with Crippen molar-refractivity contribution in [1.29, 1.82) is 0 Å². The Bertz CT molecular complexity index is 751. The van der Waals surface area contributed by atoms with Gasteiger partial charge in [0, 0.05) is 18.0 Å². The highest BCUT2D eigenvalue weighted by atomic mass is 35.5. The van der Waals surface area contributed by atoms with Gasteiger partial charge in [-0.3, -0.25) is 4.79 Å². The third kappa shape index (κ3) is 4.40. The number of hydrogen-bond donors (Lipinski definition) is 2. The van der Waals surface area contributed by atoms with Gasteiger partial charge in [0.15, 0.2) is 0 Å². The summed E-state index contributed by atoms with van der Waals surface area (Å²) >= 11 is 1.50. The van der Waals surface area contributed by atoms with Crippen LogP contribution < -0.4 is 10.6 Å². The normalized spacial score (nSPS) is 16.7. The lowest BCUT2D eigenvalue weighted by Gasteiger charge is -2.27. The minimum atomic E-state index is -0.0299. The molecule has 1 unspecified atom stereocenters. The Morgan fingerprint density at radius 3 is 2.76 bits per heavy atom. The predicted octanol–water partition coefficient (Wildman–Crippen LogP) is 3.79. The minimum Gasteiger partial charge on any atom is -0.349 e. The van der Waals surface area contributed by atoms with Crippen molar-refractivity contribution in [2.75, 3.05) is 13.1 Å². The second kappa shape index (κ2) is 7.85. The maximum absolute atomic E-state index is 12.6. The monoisotopic (exact) mass is 379 g/mol. The van der Waals surface area contributed by atoms with E-state index >= 15 is 0 Å². The van der Waals surface area contributed by atoms with Crippen LogP contribution in [-0.2, 0) is 11.8 Å². The Balaban J connectivity index is 0.00000225. The smallest absolute Gasteiger partial charge is 0.263 e. The van der Waals surface area contributed by atoms with E-state index in [1.165, 1.54) is 22.5 Å². The number of nitrogens with zero attached hydrogens (tertiary/aromatic N) is 1. The van der Waals surface area contributed by atoms with Crippen LogP contribution in [0.25, 0.3) is 0 Å². The molecule has 0 radical (unpaired) electrons. The lowest BCUT2D eigenvalue weighted by molar-refractivity contribution is 0.0952. The maximum atomic E-state index is 12.6. The number of nitrogens with one attached hydrogen (secondary N) is 2. The summed E-state index contributed by atoms with van der Waals surface area (Å²) in [6.45, 7) is 9.82. The van der Waals surface area contributed by atoms with Crippen molar-refractivity contribution in [2.24, 2.45) is 0 Å². The summed E-state index contributed by atoms with van der Waals surface area (Å²) in [6, 6.07) is 8.63. The summed E-state index contributed by atoms with van der Waals surface area (Å²) in [4.78, 5) is 17.9. The van der Waals surface area contributed by atoms with Crippen molar-refractivity contribution in [1.82, 2.24) is 15.6 Å². The SMILES string of the molecule is Cc1nc(C(C)(C)C)sc1C(=O)NCC1NCCc2ccccc21.Cl. The third-order valence-electron chi connectivity index (χ3n) is 4.33. The van der Waals surface area contributed by atoms with Gasteiger partial charge in [-0.2, -0.15) is 0 Å². The van der Waals surface area contributed by atoms with Crippen LogP contribution >= 0.6 is 23.7 Å². The van der Waals surface area contributed by atoms with Crippen molar-refractivity contribution in [3.8, 4) is 0 Å². The van der Waals surface area contributed by atoms with Crippen molar-refractivity contribution in [3.63, 3.8) is 0 Å². The Morgan fingerprint density at radius 2 is 2.08 bits per heavy atom. The molecule has 0 fully saturated rings. The van der Waals surface area contributed by atoms with Crippen LogP contribution in [0, 0.1) is 6.92 Å². The van der Waals surface area contributed by atoms with E-state index in [0.29, 0.717) is 6.54 Å². The third-order valence-corrected chi connectivity index (χ3v) is 5.91. The van der Waals surface area contributed by atoms with Crippen LogP contribution in [0.1, 0.15) is 58.3 Å². The molecule has 2 heterocycles. The number of benzene rings is 1. The molecule has 1 amide bonds. The molecule has 0 saturated carbocycles. The Morgan fingerprint density at radius 1 is 1.36 bits per heavy atom. The van der Waals surface area contributed by atoms with Crippen LogP contribution in [0.5, 0.6) is 0 Å². The zero-order valence-corrected chi connectivity index (χ0v) is 16.8. The standard InChI is InChI=1S/C19H25N3OS.ClH/c1-12-16(24-18(22-12)19(2,3)4)17(23)21-11-15-14-8-6-5-7-13(14)9-10-20-15;/h5-8,15,20H,9-11H2,1-4H3,(H,21,23);1H. The molecule has 6 heteroatoms. The van der Waals surface area contributed by atoms with Crippen LogP contribution in [0.2, 0.25) is 0 Å². The minimum absolute atomic E-state index is 0. The first kappa shape index (κ1) is 19.9. The van der Waals surface area contributed by atoms with Gasteiger partial charge in [0.2, 0.25) is 0 Å². The molecule has 0 saturated heterocycles. The highest BCUT2D eigenvalue weighted by molar-refractivity contribution is 7.14. The Kier molecular flexibility index (Phi) is 6.25. The van der Waals surface area contributed by atoms with Crippen LogP contribution in [-0.4, -0.2) is 24.0 Å². The summed E-state index contributed by atoms with van der Waals surface area (Å²) in [6.07, 6.45) is 1.05. The average molecular weight is 380 g/mol. The summed E-state index contributed by atoms with van der Waals surface area (Å²) in [7, 11) is 0. The number of hydrogen-bond acceptors (Lipinski definition) is 4. The zero-order chi connectivity index (χ0) is 17.3. The van der Waals surface area contributed by atoms with Gasteiger partial charge in [0.05, 0.1) is 10.7 Å². The summed E-state index contributed by atoms with van der Waals surface area (Å²) in [5, 5.41) is 7.59. The second-order valence-electron chi connectivity index (χ2n) is 7.35. The van der Waals surface area contributed by atoms with Gasteiger partial charge < -0.3 is 10.6 Å². The first-order chi connectivity index (χ1) is 11.4. The van der Waals surface area contributed by atoms with Crippen molar-refractivity contribution in [2.45, 2.75) is 45.6 Å². The molecule has 25 heavy (non-hydrogen) atoms. The molecule has 1 aromatic heterocycles. The largest absolute Gasteiger partial charge is 0.349 e. The van der Waals surface area contributed by atoms with Crippen LogP contribution in [0.3, 0.4) is 0 Å². The quantitative estimate of drug-likeness (QED) is 0.853. The first-order valence-electron chi connectivity index (χ1n) is 8.43. The van der Waals surface area contributed by atoms with E-state index in [1.54, 1.807) is 0 Å². The number of thiazole rings is 1. The van der Waals surface area contributed by atoms with E-state index in [-0.39, 0.29) is 29.8 Å². The van der Waals surface area contributed by atoms with E-state index < -0.39 is 0 Å². The van der Waals surface area contributed by atoms with E-state index in [2.05, 4.69) is 60.7 Å². The number of halogens is 1. The summed E-state index contributed by atoms with van der Waals surface area (Å²) < 4.78 is 0. The van der Waals surface area contributed by atoms with Gasteiger partial charge in [0.1, 0.15) is 4.88 Å².